The monoisotopic (exact) mass is 266 g/mol. The van der Waals surface area contributed by atoms with E-state index in [1.807, 2.05) is 0 Å². The number of hydrogen-bond acceptors (Lipinski definition) is 6. The highest BCUT2D eigenvalue weighted by Crippen LogP contribution is 2.15. The fourth-order valence-corrected chi connectivity index (χ4v) is 2.24. The molecule has 86 valence electrons. The quantitative estimate of drug-likeness (QED) is 0.677. The summed E-state index contributed by atoms with van der Waals surface area (Å²) in [6, 6.07) is 1.36. The van der Waals surface area contributed by atoms with Crippen molar-refractivity contribution in [3.05, 3.63) is 39.0 Å². The van der Waals surface area contributed by atoms with Crippen LogP contribution in [0.4, 0.5) is 0 Å². The van der Waals surface area contributed by atoms with E-state index in [9.17, 15) is 9.59 Å². The van der Waals surface area contributed by atoms with Gasteiger partial charge < -0.3 is 5.11 Å². The molecule has 0 unspecified atom stereocenters. The van der Waals surface area contributed by atoms with Crippen molar-refractivity contribution >= 4 is 40.7 Å². The molecule has 5 nitrogen and oxygen atoms in total. The highest BCUT2D eigenvalue weighted by atomic mass is 32.1. The van der Waals surface area contributed by atoms with Crippen molar-refractivity contribution < 1.29 is 14.7 Å². The number of carbonyl (C=O) groups is 2. The number of hydrogen-bond donors (Lipinski definition) is 1. The average molecular weight is 266 g/mol. The average Bonchev–Trinajstić information content (AvgIpc) is 2.96. The number of nitrogens with zero attached hydrogens (tertiary/aromatic N) is 2. The van der Waals surface area contributed by atoms with E-state index in [0.29, 0.717) is 11.3 Å². The minimum absolute atomic E-state index is 0.150. The summed E-state index contributed by atoms with van der Waals surface area (Å²) in [6.07, 6.45) is 2.90. The van der Waals surface area contributed by atoms with Crippen LogP contribution in [0.5, 0.6) is 0 Å². The molecule has 0 aliphatic rings. The number of rotatable bonds is 4. The topological polar surface area (TPSA) is 80.2 Å². The zero-order valence-electron chi connectivity index (χ0n) is 8.36. The maximum Gasteiger partial charge on any atom is 0.345 e. The number of carbonyl (C=O) groups excluding carboxylic acids is 1. The van der Waals surface area contributed by atoms with Gasteiger partial charge in [0.05, 0.1) is 5.69 Å². The van der Waals surface area contributed by atoms with Gasteiger partial charge in [-0.15, -0.1) is 16.4 Å². The molecular weight excluding hydrogens is 260 g/mol. The minimum atomic E-state index is -1.03. The summed E-state index contributed by atoms with van der Waals surface area (Å²) in [5.74, 6) is -1.27. The molecule has 0 spiro atoms. The van der Waals surface area contributed by atoms with Crippen LogP contribution in [0.1, 0.15) is 25.7 Å². The van der Waals surface area contributed by atoms with Crippen molar-refractivity contribution in [2.24, 2.45) is 0 Å². The SMILES string of the molecule is O=C(/C=C/c1csnn1)c1csc(C(=O)O)c1. The van der Waals surface area contributed by atoms with E-state index >= 15 is 0 Å². The number of carboxylic acid groups (broad SMARTS) is 1. The maximum atomic E-state index is 11.7. The van der Waals surface area contributed by atoms with E-state index in [0.717, 1.165) is 11.3 Å². The minimum Gasteiger partial charge on any atom is -0.477 e. The normalized spacial score (nSPS) is 10.8. The second kappa shape index (κ2) is 4.98. The molecule has 0 saturated carbocycles. The van der Waals surface area contributed by atoms with E-state index in [2.05, 4.69) is 9.59 Å². The molecule has 0 aromatic carbocycles. The zero-order chi connectivity index (χ0) is 12.3. The van der Waals surface area contributed by atoms with Crippen LogP contribution in [-0.4, -0.2) is 26.4 Å². The Hall–Kier alpha value is -1.86. The van der Waals surface area contributed by atoms with Crippen molar-refractivity contribution in [2.45, 2.75) is 0 Å². The molecule has 1 N–H and O–H groups in total. The second-order valence-corrected chi connectivity index (χ2v) is 4.55. The summed E-state index contributed by atoms with van der Waals surface area (Å²) in [7, 11) is 0. The predicted molar refractivity (Wildman–Crippen MR) is 64.6 cm³/mol. The third kappa shape index (κ3) is 2.83. The molecule has 2 rings (SSSR count). The van der Waals surface area contributed by atoms with Gasteiger partial charge >= 0.3 is 5.97 Å². The Morgan fingerprint density at radius 1 is 1.35 bits per heavy atom. The molecule has 0 fully saturated rings. The van der Waals surface area contributed by atoms with Crippen molar-refractivity contribution in [3.8, 4) is 0 Å². The number of ketones is 1. The molecule has 17 heavy (non-hydrogen) atoms. The second-order valence-electron chi connectivity index (χ2n) is 3.03. The number of carboxylic acids is 1. The Labute approximate surface area is 104 Å². The predicted octanol–water partition coefficient (Wildman–Crippen LogP) is 2.19. The summed E-state index contributed by atoms with van der Waals surface area (Å²) in [5, 5.41) is 15.7. The third-order valence-electron chi connectivity index (χ3n) is 1.88. The summed E-state index contributed by atoms with van der Waals surface area (Å²) < 4.78 is 3.65. The standard InChI is InChI=1S/C10H6N2O3S2/c13-8(2-1-7-5-17-12-11-7)6-3-9(10(14)15)16-4-6/h1-5H,(H,14,15)/b2-1+. The van der Waals surface area contributed by atoms with Crippen molar-refractivity contribution in [1.29, 1.82) is 0 Å². The molecule has 2 aromatic heterocycles. The van der Waals surface area contributed by atoms with Gasteiger partial charge in [-0.05, 0) is 29.8 Å². The first-order valence-corrected chi connectivity index (χ1v) is 6.20. The lowest BCUT2D eigenvalue weighted by molar-refractivity contribution is 0.0702. The number of thiophene rings is 1. The van der Waals surface area contributed by atoms with Crippen LogP contribution >= 0.6 is 22.9 Å². The molecule has 0 amide bonds. The van der Waals surface area contributed by atoms with E-state index in [1.54, 1.807) is 11.5 Å². The Morgan fingerprint density at radius 3 is 2.76 bits per heavy atom. The van der Waals surface area contributed by atoms with Crippen molar-refractivity contribution in [3.63, 3.8) is 0 Å². The van der Waals surface area contributed by atoms with Gasteiger partial charge in [-0.25, -0.2) is 4.79 Å². The summed E-state index contributed by atoms with van der Waals surface area (Å²) in [5.41, 5.74) is 0.976. The lowest BCUT2D eigenvalue weighted by atomic mass is 10.2. The molecule has 7 heteroatoms. The molecule has 0 radical (unpaired) electrons. The van der Waals surface area contributed by atoms with E-state index in [4.69, 9.17) is 5.11 Å². The lowest BCUT2D eigenvalue weighted by Crippen LogP contribution is -1.93. The van der Waals surface area contributed by atoms with Crippen LogP contribution in [-0.2, 0) is 0 Å². The van der Waals surface area contributed by atoms with Gasteiger partial charge in [0.2, 0.25) is 0 Å². The molecule has 0 atom stereocenters. The van der Waals surface area contributed by atoms with Crippen LogP contribution in [0, 0.1) is 0 Å². The number of aromatic nitrogens is 2. The lowest BCUT2D eigenvalue weighted by Gasteiger charge is -1.87. The molecule has 0 bridgehead atoms. The summed E-state index contributed by atoms with van der Waals surface area (Å²) in [4.78, 5) is 22.5. The van der Waals surface area contributed by atoms with Gasteiger partial charge in [-0.2, -0.15) is 0 Å². The fourth-order valence-electron chi connectivity index (χ4n) is 1.08. The third-order valence-corrected chi connectivity index (χ3v) is 3.32. The molecule has 0 aliphatic carbocycles. The van der Waals surface area contributed by atoms with Gasteiger partial charge in [0.15, 0.2) is 5.78 Å². The van der Waals surface area contributed by atoms with Gasteiger partial charge in [0, 0.05) is 16.3 Å². The van der Waals surface area contributed by atoms with E-state index in [-0.39, 0.29) is 10.7 Å². The molecule has 0 saturated heterocycles. The fraction of sp³-hybridized carbons (Fsp3) is 0. The zero-order valence-corrected chi connectivity index (χ0v) is 9.99. The first-order valence-electron chi connectivity index (χ1n) is 4.48. The van der Waals surface area contributed by atoms with Crippen LogP contribution in [0.15, 0.2) is 22.9 Å². The van der Waals surface area contributed by atoms with E-state index in [1.165, 1.54) is 29.1 Å². The molecule has 0 aliphatic heterocycles. The molecule has 2 aromatic rings. The van der Waals surface area contributed by atoms with Crippen LogP contribution in [0.25, 0.3) is 6.08 Å². The van der Waals surface area contributed by atoms with Crippen LogP contribution in [0.2, 0.25) is 0 Å². The largest absolute Gasteiger partial charge is 0.477 e. The smallest absolute Gasteiger partial charge is 0.345 e. The Morgan fingerprint density at radius 2 is 2.18 bits per heavy atom. The first kappa shape index (κ1) is 11.6. The van der Waals surface area contributed by atoms with Crippen molar-refractivity contribution in [2.75, 3.05) is 0 Å². The van der Waals surface area contributed by atoms with Gasteiger partial charge in [0.1, 0.15) is 4.88 Å². The Bertz CT molecular complexity index is 572. The number of aromatic carboxylic acids is 1. The first-order chi connectivity index (χ1) is 8.16. The van der Waals surface area contributed by atoms with Crippen LogP contribution in [0.3, 0.4) is 0 Å². The van der Waals surface area contributed by atoms with Gasteiger partial charge in [-0.1, -0.05) is 4.49 Å². The molecular formula is C10H6N2O3S2. The highest BCUT2D eigenvalue weighted by molar-refractivity contribution is 7.12. The maximum absolute atomic E-state index is 11.7. The highest BCUT2D eigenvalue weighted by Gasteiger charge is 2.10. The Balaban J connectivity index is 2.12. The Kier molecular flexibility index (Phi) is 3.40. The molecule has 2 heterocycles. The summed E-state index contributed by atoms with van der Waals surface area (Å²) in [6.45, 7) is 0. The van der Waals surface area contributed by atoms with Gasteiger partial charge in [-0.3, -0.25) is 4.79 Å². The van der Waals surface area contributed by atoms with E-state index < -0.39 is 5.97 Å². The summed E-state index contributed by atoms with van der Waals surface area (Å²) >= 11 is 2.22. The number of allylic oxidation sites excluding steroid dienone is 1. The van der Waals surface area contributed by atoms with Crippen molar-refractivity contribution in [1.82, 2.24) is 9.59 Å². The van der Waals surface area contributed by atoms with Gasteiger partial charge in [0.25, 0.3) is 0 Å². The van der Waals surface area contributed by atoms with Crippen LogP contribution < -0.4 is 0 Å².